The Morgan fingerprint density at radius 3 is 2.94 bits per heavy atom. The Morgan fingerprint density at radius 2 is 2.19 bits per heavy atom. The molecule has 80 valence electrons. The summed E-state index contributed by atoms with van der Waals surface area (Å²) < 4.78 is 0. The summed E-state index contributed by atoms with van der Waals surface area (Å²) in [4.78, 5) is 14.6. The predicted octanol–water partition coefficient (Wildman–Crippen LogP) is 2.99. The summed E-state index contributed by atoms with van der Waals surface area (Å²) in [5.74, 6) is -0.980. The van der Waals surface area contributed by atoms with Gasteiger partial charge in [-0.25, -0.2) is 4.79 Å². The largest absolute Gasteiger partial charge is 0.478 e. The van der Waals surface area contributed by atoms with E-state index in [0.717, 1.165) is 17.0 Å². The molecule has 0 radical (unpaired) electrons. The van der Waals surface area contributed by atoms with Crippen LogP contribution in [0.5, 0.6) is 0 Å². The molecule has 0 fully saturated rings. The minimum absolute atomic E-state index is 0.558. The smallest absolute Gasteiger partial charge is 0.328 e. The average Bonchev–Trinajstić information content (AvgIpc) is 2.27. The molecule has 0 amide bonds. The molecule has 1 aromatic carbocycles. The molecule has 0 bridgehead atoms. The Bertz CT molecular complexity index is 578. The third kappa shape index (κ3) is 2.04. The average molecular weight is 234 g/mol. The number of benzene rings is 1. The van der Waals surface area contributed by atoms with Gasteiger partial charge in [0.1, 0.15) is 0 Å². The number of hydrogen-bond donors (Lipinski definition) is 1. The number of rotatable bonds is 2. The highest BCUT2D eigenvalue weighted by atomic mass is 35.5. The molecule has 1 aromatic heterocycles. The molecule has 3 nitrogen and oxygen atoms in total. The second-order valence-electron chi connectivity index (χ2n) is 3.21. The number of aliphatic carboxylic acids is 1. The first-order valence-corrected chi connectivity index (χ1v) is 5.00. The lowest BCUT2D eigenvalue weighted by atomic mass is 10.1. The van der Waals surface area contributed by atoms with Crippen LogP contribution in [-0.4, -0.2) is 16.1 Å². The van der Waals surface area contributed by atoms with Crippen molar-refractivity contribution in [2.45, 2.75) is 0 Å². The highest BCUT2D eigenvalue weighted by molar-refractivity contribution is 6.35. The van der Waals surface area contributed by atoms with Gasteiger partial charge in [0, 0.05) is 17.7 Å². The second-order valence-corrected chi connectivity index (χ2v) is 3.61. The molecule has 0 saturated heterocycles. The maximum atomic E-state index is 10.4. The molecule has 1 heterocycles. The van der Waals surface area contributed by atoms with Gasteiger partial charge in [-0.15, -0.1) is 0 Å². The molecule has 0 atom stereocenters. The van der Waals surface area contributed by atoms with Crippen LogP contribution in [0.2, 0.25) is 5.02 Å². The highest BCUT2D eigenvalue weighted by Crippen LogP contribution is 2.24. The predicted molar refractivity (Wildman–Crippen MR) is 63.4 cm³/mol. The van der Waals surface area contributed by atoms with E-state index in [9.17, 15) is 4.79 Å². The summed E-state index contributed by atoms with van der Waals surface area (Å²) in [6.07, 6.45) is 4.23. The normalized spacial score (nSPS) is 11.1. The number of carbonyl (C=O) groups is 1. The molecular formula is C12H8ClNO2. The van der Waals surface area contributed by atoms with E-state index in [1.54, 1.807) is 18.3 Å². The second kappa shape index (κ2) is 4.33. The Balaban J connectivity index is 2.63. The number of fused-ring (bicyclic) bond motifs is 1. The fraction of sp³-hybridized carbons (Fsp3) is 0. The van der Waals surface area contributed by atoms with Gasteiger partial charge in [0.2, 0.25) is 0 Å². The highest BCUT2D eigenvalue weighted by Gasteiger charge is 2.02. The van der Waals surface area contributed by atoms with Crippen molar-refractivity contribution in [3.05, 3.63) is 47.1 Å². The number of nitrogens with zero attached hydrogens (tertiary/aromatic N) is 1. The molecule has 16 heavy (non-hydrogen) atoms. The van der Waals surface area contributed by atoms with Crippen LogP contribution in [0, 0.1) is 0 Å². The summed E-state index contributed by atoms with van der Waals surface area (Å²) in [6, 6.07) is 7.17. The van der Waals surface area contributed by atoms with E-state index < -0.39 is 5.97 Å². The van der Waals surface area contributed by atoms with E-state index in [1.165, 1.54) is 6.08 Å². The number of halogens is 1. The zero-order valence-electron chi connectivity index (χ0n) is 8.22. The van der Waals surface area contributed by atoms with E-state index in [1.807, 2.05) is 12.1 Å². The minimum Gasteiger partial charge on any atom is -0.478 e. The van der Waals surface area contributed by atoms with E-state index >= 15 is 0 Å². The van der Waals surface area contributed by atoms with E-state index in [4.69, 9.17) is 16.7 Å². The van der Waals surface area contributed by atoms with Gasteiger partial charge in [-0.1, -0.05) is 23.7 Å². The van der Waals surface area contributed by atoms with Crippen molar-refractivity contribution in [3.63, 3.8) is 0 Å². The van der Waals surface area contributed by atoms with Crippen molar-refractivity contribution in [3.8, 4) is 0 Å². The van der Waals surface area contributed by atoms with Gasteiger partial charge >= 0.3 is 5.97 Å². The maximum Gasteiger partial charge on any atom is 0.328 e. The fourth-order valence-electron chi connectivity index (χ4n) is 1.47. The topological polar surface area (TPSA) is 50.2 Å². The van der Waals surface area contributed by atoms with Crippen LogP contribution in [0.25, 0.3) is 17.0 Å². The first kappa shape index (κ1) is 10.6. The third-order valence-corrected chi connectivity index (χ3v) is 2.47. The molecule has 0 aliphatic rings. The van der Waals surface area contributed by atoms with Crippen LogP contribution >= 0.6 is 11.6 Å². The van der Waals surface area contributed by atoms with Gasteiger partial charge in [-0.2, -0.15) is 0 Å². The van der Waals surface area contributed by atoms with Crippen LogP contribution in [-0.2, 0) is 4.79 Å². The summed E-state index contributed by atoms with van der Waals surface area (Å²) in [5, 5.41) is 9.97. The van der Waals surface area contributed by atoms with Crippen molar-refractivity contribution >= 4 is 34.5 Å². The minimum atomic E-state index is -0.980. The van der Waals surface area contributed by atoms with Crippen LogP contribution in [0.4, 0.5) is 0 Å². The lowest BCUT2D eigenvalue weighted by molar-refractivity contribution is -0.131. The number of para-hydroxylation sites is 1. The van der Waals surface area contributed by atoms with E-state index in [2.05, 4.69) is 4.98 Å². The first-order chi connectivity index (χ1) is 7.68. The van der Waals surface area contributed by atoms with E-state index in [0.29, 0.717) is 10.5 Å². The van der Waals surface area contributed by atoms with Gasteiger partial charge < -0.3 is 5.11 Å². The lowest BCUT2D eigenvalue weighted by Crippen LogP contribution is -1.87. The van der Waals surface area contributed by atoms with Gasteiger partial charge in [0.25, 0.3) is 0 Å². The van der Waals surface area contributed by atoms with Crippen molar-refractivity contribution in [2.75, 3.05) is 0 Å². The quantitative estimate of drug-likeness (QED) is 0.812. The van der Waals surface area contributed by atoms with Crippen molar-refractivity contribution in [2.24, 2.45) is 0 Å². The SMILES string of the molecule is O=C(O)/C=C/c1ccnc2c(Cl)cccc12. The Labute approximate surface area is 97.0 Å². The summed E-state index contributed by atoms with van der Waals surface area (Å²) in [7, 11) is 0. The van der Waals surface area contributed by atoms with Gasteiger partial charge in [0.05, 0.1) is 10.5 Å². The van der Waals surface area contributed by atoms with E-state index in [-0.39, 0.29) is 0 Å². The Morgan fingerprint density at radius 1 is 1.38 bits per heavy atom. The zero-order chi connectivity index (χ0) is 11.5. The van der Waals surface area contributed by atoms with Crippen molar-refractivity contribution in [1.29, 1.82) is 0 Å². The van der Waals surface area contributed by atoms with Gasteiger partial charge in [-0.3, -0.25) is 4.98 Å². The molecule has 4 heteroatoms. The van der Waals surface area contributed by atoms with Crippen molar-refractivity contribution < 1.29 is 9.90 Å². The molecule has 0 spiro atoms. The molecule has 0 aliphatic heterocycles. The third-order valence-electron chi connectivity index (χ3n) is 2.16. The molecule has 2 aromatic rings. The molecule has 0 unspecified atom stereocenters. The first-order valence-electron chi connectivity index (χ1n) is 4.63. The fourth-order valence-corrected chi connectivity index (χ4v) is 1.69. The number of carboxylic acid groups (broad SMARTS) is 1. The summed E-state index contributed by atoms with van der Waals surface area (Å²) >= 11 is 5.99. The standard InChI is InChI=1S/C12H8ClNO2/c13-10-3-1-2-9-8(4-5-11(15)16)6-7-14-12(9)10/h1-7H,(H,15,16)/b5-4+. The molecule has 0 aliphatic carbocycles. The Kier molecular flexibility index (Phi) is 2.88. The molecule has 1 N–H and O–H groups in total. The molecule has 0 saturated carbocycles. The number of hydrogen-bond acceptors (Lipinski definition) is 2. The van der Waals surface area contributed by atoms with Crippen LogP contribution in [0.1, 0.15) is 5.56 Å². The summed E-state index contributed by atoms with van der Waals surface area (Å²) in [6.45, 7) is 0. The molecule has 2 rings (SSSR count). The lowest BCUT2D eigenvalue weighted by Gasteiger charge is -2.02. The maximum absolute atomic E-state index is 10.4. The van der Waals surface area contributed by atoms with Gasteiger partial charge in [-0.05, 0) is 23.8 Å². The van der Waals surface area contributed by atoms with Gasteiger partial charge in [0.15, 0.2) is 0 Å². The number of aromatic nitrogens is 1. The van der Waals surface area contributed by atoms with Crippen LogP contribution < -0.4 is 0 Å². The van der Waals surface area contributed by atoms with Crippen LogP contribution in [0.15, 0.2) is 36.5 Å². The van der Waals surface area contributed by atoms with Crippen molar-refractivity contribution in [1.82, 2.24) is 4.98 Å². The monoisotopic (exact) mass is 233 g/mol. The zero-order valence-corrected chi connectivity index (χ0v) is 8.98. The molecular weight excluding hydrogens is 226 g/mol. The number of carboxylic acids is 1. The Hall–Kier alpha value is -1.87. The van der Waals surface area contributed by atoms with Crippen LogP contribution in [0.3, 0.4) is 0 Å². The number of pyridine rings is 1. The summed E-state index contributed by atoms with van der Waals surface area (Å²) in [5.41, 5.74) is 1.46.